The molecule has 5 N–H and O–H groups in total. The summed E-state index contributed by atoms with van der Waals surface area (Å²) >= 11 is 3.60. The number of amides is 2. The Hall–Kier alpha value is -3.83. The summed E-state index contributed by atoms with van der Waals surface area (Å²) in [7, 11) is -3.50. The van der Waals surface area contributed by atoms with Crippen molar-refractivity contribution in [3.8, 4) is 11.4 Å². The van der Waals surface area contributed by atoms with Gasteiger partial charge in [-0.1, -0.05) is 48.0 Å². The summed E-state index contributed by atoms with van der Waals surface area (Å²) in [6.45, 7) is 3.86. The van der Waals surface area contributed by atoms with Gasteiger partial charge in [0.2, 0.25) is 10.0 Å². The van der Waals surface area contributed by atoms with E-state index in [2.05, 4.69) is 20.7 Å². The number of nitrogens with one attached hydrogen (secondary N) is 1. The molecule has 198 valence electrons. The Balaban J connectivity index is 1.86. The molecule has 0 aliphatic carbocycles. The third-order valence-electron chi connectivity index (χ3n) is 6.16. The van der Waals surface area contributed by atoms with Gasteiger partial charge in [0.25, 0.3) is 11.8 Å². The molecule has 0 spiro atoms. The van der Waals surface area contributed by atoms with E-state index >= 15 is 0 Å². The first-order chi connectivity index (χ1) is 17.7. The van der Waals surface area contributed by atoms with Crippen molar-refractivity contribution in [3.63, 3.8) is 0 Å². The molecule has 11 heteroatoms. The van der Waals surface area contributed by atoms with E-state index in [-0.39, 0.29) is 12.3 Å². The van der Waals surface area contributed by atoms with E-state index in [0.29, 0.717) is 22.6 Å². The Bertz CT molecular complexity index is 1680. The fourth-order valence-corrected chi connectivity index (χ4v) is 5.33. The SMILES string of the molecule is CC(C)(c1cccc(OCC(N)=O)c1)c1cc(Br)cc(-n2c(C(N)=O)cc3ccc(NS(C)(=O)=O)cc32)c1. The molecule has 0 fully saturated rings. The topological polar surface area (TPSA) is 147 Å². The number of rotatable bonds is 9. The third-order valence-corrected chi connectivity index (χ3v) is 7.22. The van der Waals surface area contributed by atoms with Crippen LogP contribution in [0.1, 0.15) is 35.5 Å². The number of primary amides is 2. The van der Waals surface area contributed by atoms with Crippen LogP contribution in [0.2, 0.25) is 0 Å². The van der Waals surface area contributed by atoms with Crippen molar-refractivity contribution in [2.24, 2.45) is 11.5 Å². The number of aromatic nitrogens is 1. The number of halogens is 1. The first-order valence-corrected chi connectivity index (χ1v) is 14.2. The zero-order valence-corrected chi connectivity index (χ0v) is 23.4. The minimum atomic E-state index is -3.50. The minimum absolute atomic E-state index is 0.225. The van der Waals surface area contributed by atoms with Crippen LogP contribution in [0.15, 0.2) is 71.2 Å². The normalized spacial score (nSPS) is 11.9. The van der Waals surface area contributed by atoms with Crippen LogP contribution >= 0.6 is 15.9 Å². The highest BCUT2D eigenvalue weighted by Gasteiger charge is 2.26. The Labute approximate surface area is 228 Å². The molecule has 2 amide bonds. The van der Waals surface area contributed by atoms with Gasteiger partial charge in [0.05, 0.1) is 17.5 Å². The second kappa shape index (κ2) is 10.1. The number of sulfonamides is 1. The maximum Gasteiger partial charge on any atom is 0.265 e. The number of nitrogens with zero attached hydrogens (tertiary/aromatic N) is 1. The highest BCUT2D eigenvalue weighted by atomic mass is 79.9. The van der Waals surface area contributed by atoms with Crippen LogP contribution in [0.4, 0.5) is 5.69 Å². The van der Waals surface area contributed by atoms with Gasteiger partial charge in [-0.25, -0.2) is 8.42 Å². The average Bonchev–Trinajstić information content (AvgIpc) is 3.21. The lowest BCUT2D eigenvalue weighted by molar-refractivity contribution is -0.119. The van der Waals surface area contributed by atoms with Gasteiger partial charge in [0.15, 0.2) is 6.61 Å². The molecule has 0 saturated heterocycles. The van der Waals surface area contributed by atoms with Crippen LogP contribution in [0, 0.1) is 0 Å². The maximum absolute atomic E-state index is 12.4. The number of anilines is 1. The first kappa shape index (κ1) is 27.2. The predicted molar refractivity (Wildman–Crippen MR) is 151 cm³/mol. The van der Waals surface area contributed by atoms with Crippen molar-refractivity contribution in [3.05, 3.63) is 88.0 Å². The summed E-state index contributed by atoms with van der Waals surface area (Å²) in [5, 5.41) is 0.720. The number of ether oxygens (including phenoxy) is 1. The highest BCUT2D eigenvalue weighted by Crippen LogP contribution is 2.37. The van der Waals surface area contributed by atoms with Gasteiger partial charge >= 0.3 is 0 Å². The van der Waals surface area contributed by atoms with Gasteiger partial charge in [0, 0.05) is 21.0 Å². The smallest absolute Gasteiger partial charge is 0.265 e. The standard InChI is InChI=1S/C27H27BrN4O5S/c1-27(2,17-5-4-6-22(12-17)37-15-25(29)33)18-10-19(28)13-21(11-18)32-23-14-20(31-38(3,35)36)8-7-16(23)9-24(32)26(30)34/h4-14,31H,15H2,1-3H3,(H2,29,33)(H2,30,34). The lowest BCUT2D eigenvalue weighted by Gasteiger charge is -2.28. The van der Waals surface area contributed by atoms with Crippen molar-refractivity contribution in [2.75, 3.05) is 17.6 Å². The van der Waals surface area contributed by atoms with Gasteiger partial charge in [-0.15, -0.1) is 0 Å². The van der Waals surface area contributed by atoms with Crippen LogP contribution in [-0.2, 0) is 20.2 Å². The molecule has 4 aromatic rings. The van der Waals surface area contributed by atoms with E-state index in [9.17, 15) is 18.0 Å². The average molecular weight is 600 g/mol. The molecule has 0 unspecified atom stereocenters. The number of hydrogen-bond donors (Lipinski definition) is 3. The van der Waals surface area contributed by atoms with Crippen LogP contribution in [0.25, 0.3) is 16.6 Å². The van der Waals surface area contributed by atoms with Crippen LogP contribution < -0.4 is 20.9 Å². The van der Waals surface area contributed by atoms with Gasteiger partial charge in [0.1, 0.15) is 11.4 Å². The molecule has 0 bridgehead atoms. The molecule has 38 heavy (non-hydrogen) atoms. The molecule has 3 aromatic carbocycles. The number of nitrogens with two attached hydrogens (primary N) is 2. The van der Waals surface area contributed by atoms with E-state index in [1.54, 1.807) is 34.9 Å². The van der Waals surface area contributed by atoms with Crippen molar-refractivity contribution < 1.29 is 22.7 Å². The summed E-state index contributed by atoms with van der Waals surface area (Å²) in [5.41, 5.74) is 14.1. The number of carbonyl (C=O) groups is 2. The molecule has 9 nitrogen and oxygen atoms in total. The molecule has 0 saturated carbocycles. The largest absolute Gasteiger partial charge is 0.484 e. The van der Waals surface area contributed by atoms with E-state index in [4.69, 9.17) is 16.2 Å². The van der Waals surface area contributed by atoms with Crippen molar-refractivity contribution in [1.82, 2.24) is 4.57 Å². The molecular formula is C27H27BrN4O5S. The van der Waals surface area contributed by atoms with E-state index in [1.807, 2.05) is 50.2 Å². The fraction of sp³-hybridized carbons (Fsp3) is 0.185. The molecule has 4 rings (SSSR count). The van der Waals surface area contributed by atoms with Crippen molar-refractivity contribution in [1.29, 1.82) is 0 Å². The fourth-order valence-electron chi connectivity index (χ4n) is 4.30. The quantitative estimate of drug-likeness (QED) is 0.266. The number of hydrogen-bond acceptors (Lipinski definition) is 5. The molecular weight excluding hydrogens is 572 g/mol. The molecule has 1 heterocycles. The van der Waals surface area contributed by atoms with Crippen molar-refractivity contribution in [2.45, 2.75) is 19.3 Å². The highest BCUT2D eigenvalue weighted by molar-refractivity contribution is 9.10. The van der Waals surface area contributed by atoms with E-state index in [1.165, 1.54) is 0 Å². The van der Waals surface area contributed by atoms with Gasteiger partial charge in [-0.05, 0) is 59.7 Å². The molecule has 0 atom stereocenters. The molecule has 1 aromatic heterocycles. The van der Waals surface area contributed by atoms with E-state index in [0.717, 1.165) is 27.2 Å². The number of benzene rings is 3. The number of carbonyl (C=O) groups excluding carboxylic acids is 2. The molecule has 0 aliphatic rings. The van der Waals surface area contributed by atoms with Crippen LogP contribution in [0.5, 0.6) is 5.75 Å². The second-order valence-corrected chi connectivity index (χ2v) is 12.1. The van der Waals surface area contributed by atoms with Gasteiger partial charge in [-0.3, -0.25) is 14.3 Å². The summed E-state index contributed by atoms with van der Waals surface area (Å²) < 4.78 is 34.1. The van der Waals surface area contributed by atoms with Crippen molar-refractivity contribution >= 4 is 54.4 Å². The number of fused-ring (bicyclic) bond motifs is 1. The summed E-state index contributed by atoms with van der Waals surface area (Å²) in [5.74, 6) is -0.674. The Morgan fingerprint density at radius 1 is 1.00 bits per heavy atom. The molecule has 0 radical (unpaired) electrons. The lowest BCUT2D eigenvalue weighted by atomic mass is 9.78. The molecule has 0 aliphatic heterocycles. The van der Waals surface area contributed by atoms with Gasteiger partial charge in [-0.2, -0.15) is 0 Å². The summed E-state index contributed by atoms with van der Waals surface area (Å²) in [6, 6.07) is 19.9. The maximum atomic E-state index is 12.4. The monoisotopic (exact) mass is 598 g/mol. The zero-order valence-electron chi connectivity index (χ0n) is 21.0. The predicted octanol–water partition coefficient (Wildman–Crippen LogP) is 4.05. The van der Waals surface area contributed by atoms with Crippen LogP contribution in [0.3, 0.4) is 0 Å². The van der Waals surface area contributed by atoms with E-state index < -0.39 is 27.3 Å². The minimum Gasteiger partial charge on any atom is -0.484 e. The first-order valence-electron chi connectivity index (χ1n) is 11.5. The third kappa shape index (κ3) is 5.84. The van der Waals surface area contributed by atoms with Gasteiger partial charge < -0.3 is 20.8 Å². The Kier molecular flexibility index (Phi) is 7.26. The summed E-state index contributed by atoms with van der Waals surface area (Å²) in [6.07, 6.45) is 1.07. The zero-order chi connectivity index (χ0) is 27.8. The lowest BCUT2D eigenvalue weighted by Crippen LogP contribution is -2.22. The Morgan fingerprint density at radius 2 is 1.74 bits per heavy atom. The Morgan fingerprint density at radius 3 is 2.39 bits per heavy atom. The van der Waals surface area contributed by atoms with Crippen LogP contribution in [-0.4, -0.2) is 37.7 Å². The second-order valence-electron chi connectivity index (χ2n) is 9.48. The summed E-state index contributed by atoms with van der Waals surface area (Å²) in [4.78, 5) is 23.6.